The van der Waals surface area contributed by atoms with Gasteiger partial charge in [-0.05, 0) is 55.9 Å². The maximum atomic E-state index is 12.1. The molecule has 8 nitrogen and oxygen atoms in total. The lowest BCUT2D eigenvalue weighted by Crippen LogP contribution is -2.28. The molecule has 5 rings (SSSR count). The average molecular weight is 532 g/mol. The molecule has 1 fully saturated rings. The predicted molar refractivity (Wildman–Crippen MR) is 149 cm³/mol. The van der Waals surface area contributed by atoms with Crippen LogP contribution >= 0.6 is 0 Å². The van der Waals surface area contributed by atoms with E-state index < -0.39 is 6.09 Å². The van der Waals surface area contributed by atoms with Crippen molar-refractivity contribution in [1.82, 2.24) is 15.1 Å². The topological polar surface area (TPSA) is 94.8 Å². The van der Waals surface area contributed by atoms with Crippen LogP contribution < -0.4 is 5.32 Å². The molecular formula is C31H37N3O5. The quantitative estimate of drug-likeness (QED) is 0.346. The molecule has 1 saturated heterocycles. The van der Waals surface area contributed by atoms with Crippen molar-refractivity contribution in [3.8, 4) is 11.3 Å². The third-order valence-electron chi connectivity index (χ3n) is 7.16. The summed E-state index contributed by atoms with van der Waals surface area (Å²) in [6.07, 6.45) is 6.95. The van der Waals surface area contributed by atoms with Crippen LogP contribution in [0, 0.1) is 0 Å². The summed E-state index contributed by atoms with van der Waals surface area (Å²) in [5, 5.41) is 17.5. The van der Waals surface area contributed by atoms with E-state index in [2.05, 4.69) is 16.1 Å². The summed E-state index contributed by atoms with van der Waals surface area (Å²) in [7, 11) is 0. The number of ether oxygens (including phenoxy) is 3. The molecule has 0 radical (unpaired) electrons. The molecule has 2 aromatic carbocycles. The Labute approximate surface area is 229 Å². The number of rotatable bonds is 10. The van der Waals surface area contributed by atoms with Gasteiger partial charge in [-0.3, -0.25) is 0 Å². The molecule has 2 heterocycles. The van der Waals surface area contributed by atoms with Gasteiger partial charge in [0, 0.05) is 42.8 Å². The number of allylic oxidation sites excluding steroid dienone is 1. The number of fused-ring (bicyclic) bond motifs is 1. The molecule has 1 unspecified atom stereocenters. The van der Waals surface area contributed by atoms with E-state index in [0.29, 0.717) is 13.0 Å². The van der Waals surface area contributed by atoms with E-state index in [1.54, 1.807) is 0 Å². The molecule has 0 saturated carbocycles. The lowest BCUT2D eigenvalue weighted by atomic mass is 9.97. The molecule has 1 aliphatic carbocycles. The van der Waals surface area contributed by atoms with Gasteiger partial charge in [-0.2, -0.15) is 5.10 Å². The van der Waals surface area contributed by atoms with Crippen LogP contribution in [-0.4, -0.2) is 40.2 Å². The van der Waals surface area contributed by atoms with Gasteiger partial charge in [0.2, 0.25) is 0 Å². The highest BCUT2D eigenvalue weighted by Gasteiger charge is 2.28. The monoisotopic (exact) mass is 531 g/mol. The minimum Gasteiger partial charge on any atom is -0.495 e. The molecule has 1 aromatic heterocycles. The van der Waals surface area contributed by atoms with E-state index in [0.717, 1.165) is 78.1 Å². The lowest BCUT2D eigenvalue weighted by Gasteiger charge is -2.26. The van der Waals surface area contributed by atoms with E-state index in [4.69, 9.17) is 19.3 Å². The molecule has 3 aromatic rings. The Balaban J connectivity index is 1.24. The fourth-order valence-electron chi connectivity index (χ4n) is 5.10. The van der Waals surface area contributed by atoms with Gasteiger partial charge in [-0.1, -0.05) is 48.5 Å². The van der Waals surface area contributed by atoms with Gasteiger partial charge in [0.1, 0.15) is 12.3 Å². The normalized spacial score (nSPS) is 17.6. The number of carbonyl (C=O) groups excluding carboxylic acids is 1. The van der Waals surface area contributed by atoms with Crippen molar-refractivity contribution >= 4 is 12.2 Å². The zero-order valence-electron chi connectivity index (χ0n) is 22.5. The second-order valence-electron chi connectivity index (χ2n) is 10.1. The molecular weight excluding hydrogens is 494 g/mol. The molecule has 2 aliphatic rings. The second-order valence-corrected chi connectivity index (χ2v) is 10.1. The Morgan fingerprint density at radius 2 is 2.00 bits per heavy atom. The van der Waals surface area contributed by atoms with Crippen LogP contribution in [0.3, 0.4) is 0 Å². The van der Waals surface area contributed by atoms with Crippen molar-refractivity contribution in [2.45, 2.75) is 71.0 Å². The average Bonchev–Trinajstić information content (AvgIpc) is 3.36. The number of nitrogens with zero attached hydrogens (tertiary/aromatic N) is 2. The number of amides is 1. The Kier molecular flexibility index (Phi) is 8.96. The number of benzene rings is 2. The van der Waals surface area contributed by atoms with Crippen LogP contribution in [0.2, 0.25) is 0 Å². The van der Waals surface area contributed by atoms with Crippen LogP contribution in [0.15, 0.2) is 60.4 Å². The van der Waals surface area contributed by atoms with Crippen LogP contribution in [0.25, 0.3) is 17.3 Å². The fourth-order valence-corrected chi connectivity index (χ4v) is 5.10. The van der Waals surface area contributed by atoms with Crippen molar-refractivity contribution in [1.29, 1.82) is 0 Å². The van der Waals surface area contributed by atoms with Crippen LogP contribution in [0.1, 0.15) is 67.6 Å². The molecule has 39 heavy (non-hydrogen) atoms. The van der Waals surface area contributed by atoms with Crippen molar-refractivity contribution < 1.29 is 24.1 Å². The molecule has 206 valence electrons. The highest BCUT2D eigenvalue weighted by atomic mass is 16.5. The summed E-state index contributed by atoms with van der Waals surface area (Å²) in [4.78, 5) is 12.1. The second kappa shape index (κ2) is 13.0. The summed E-state index contributed by atoms with van der Waals surface area (Å²) in [5.41, 5.74) is 5.87. The summed E-state index contributed by atoms with van der Waals surface area (Å²) < 4.78 is 19.7. The fraction of sp³-hybridized carbons (Fsp3) is 0.419. The molecule has 0 spiro atoms. The van der Waals surface area contributed by atoms with Crippen molar-refractivity contribution in [2.24, 2.45) is 0 Å². The smallest absolute Gasteiger partial charge is 0.407 e. The number of aliphatic hydroxyl groups excluding tert-OH is 1. The molecule has 2 N–H and O–H groups in total. The molecule has 8 heteroatoms. The van der Waals surface area contributed by atoms with Gasteiger partial charge in [0.05, 0.1) is 18.5 Å². The van der Waals surface area contributed by atoms with Gasteiger partial charge in [-0.25, -0.2) is 9.48 Å². The summed E-state index contributed by atoms with van der Waals surface area (Å²) >= 11 is 0. The predicted octanol–water partition coefficient (Wildman–Crippen LogP) is 5.75. The highest BCUT2D eigenvalue weighted by molar-refractivity contribution is 5.75. The summed E-state index contributed by atoms with van der Waals surface area (Å²) in [6.45, 7) is 3.46. The minimum atomic E-state index is -0.431. The molecule has 1 amide bonds. The molecule has 2 atom stereocenters. The maximum absolute atomic E-state index is 12.1. The molecule has 0 bridgehead atoms. The first-order valence-electron chi connectivity index (χ1n) is 13.9. The first-order valence-corrected chi connectivity index (χ1v) is 13.9. The van der Waals surface area contributed by atoms with Gasteiger partial charge in [0.25, 0.3) is 0 Å². The first kappa shape index (κ1) is 27.0. The van der Waals surface area contributed by atoms with Gasteiger partial charge < -0.3 is 24.6 Å². The van der Waals surface area contributed by atoms with Crippen molar-refractivity contribution in [3.63, 3.8) is 0 Å². The van der Waals surface area contributed by atoms with E-state index in [1.165, 1.54) is 0 Å². The van der Waals surface area contributed by atoms with E-state index >= 15 is 0 Å². The first-order chi connectivity index (χ1) is 19.1. The number of hydrogen-bond donors (Lipinski definition) is 2. The largest absolute Gasteiger partial charge is 0.495 e. The number of hydrogen-bond acceptors (Lipinski definition) is 6. The number of alkyl carbamates (subject to hydrolysis) is 1. The summed E-state index contributed by atoms with van der Waals surface area (Å²) in [5.74, 6) is 0.908. The minimum absolute atomic E-state index is 0.0158. The third kappa shape index (κ3) is 6.88. The zero-order valence-corrected chi connectivity index (χ0v) is 22.5. The van der Waals surface area contributed by atoms with Crippen molar-refractivity contribution in [2.75, 3.05) is 13.2 Å². The maximum Gasteiger partial charge on any atom is 0.407 e. The van der Waals surface area contributed by atoms with Crippen LogP contribution in [0.4, 0.5) is 4.79 Å². The number of carbonyl (C=O) groups is 1. The number of aliphatic hydroxyl groups is 1. The third-order valence-corrected chi connectivity index (χ3v) is 7.16. The Morgan fingerprint density at radius 1 is 1.15 bits per heavy atom. The van der Waals surface area contributed by atoms with E-state index in [9.17, 15) is 9.90 Å². The van der Waals surface area contributed by atoms with E-state index in [1.807, 2.05) is 61.5 Å². The number of aromatic nitrogens is 2. The molecule has 1 aliphatic heterocycles. The number of nitrogens with one attached hydrogen (secondary N) is 1. The van der Waals surface area contributed by atoms with Gasteiger partial charge >= 0.3 is 6.09 Å². The summed E-state index contributed by atoms with van der Waals surface area (Å²) in [6, 6.07) is 17.5. The van der Waals surface area contributed by atoms with E-state index in [-0.39, 0.29) is 25.5 Å². The highest BCUT2D eigenvalue weighted by Crippen LogP contribution is 2.37. The van der Waals surface area contributed by atoms with Crippen LogP contribution in [-0.2, 0) is 33.8 Å². The van der Waals surface area contributed by atoms with Crippen LogP contribution in [0.5, 0.6) is 0 Å². The Bertz CT molecular complexity index is 1280. The Morgan fingerprint density at radius 3 is 2.79 bits per heavy atom. The zero-order chi connectivity index (χ0) is 27.0. The van der Waals surface area contributed by atoms with Gasteiger partial charge in [-0.15, -0.1) is 0 Å². The SMILES string of the molecule is C[C@H](CCNC(=O)OCc1ccccc1)OC1=Cc2c(-c3cccc(CO)c3)nn(C3CCCCO3)c2CC1. The van der Waals surface area contributed by atoms with Crippen molar-refractivity contribution in [3.05, 3.63) is 82.7 Å². The lowest BCUT2D eigenvalue weighted by molar-refractivity contribution is -0.0411. The standard InChI is InChI=1S/C31H37N3O5/c1-22(15-16-32-31(36)38-21-23-8-3-2-4-9-23)39-26-13-14-28-27(19-26)30(25-11-7-10-24(18-25)20-35)33-34(28)29-12-5-6-17-37-29/h2-4,7-11,18-19,22,29,35H,5-6,12-17,20-21H2,1H3,(H,32,36)/t22-,29?/m1/s1. The van der Waals surface area contributed by atoms with Gasteiger partial charge in [0.15, 0.2) is 6.23 Å². The Hall–Kier alpha value is -3.62.